The first-order valence-electron chi connectivity index (χ1n) is 8.87. The monoisotopic (exact) mass is 381 g/mol. The molecule has 0 fully saturated rings. The van der Waals surface area contributed by atoms with Crippen molar-refractivity contribution in [2.45, 2.75) is 11.6 Å². The van der Waals surface area contributed by atoms with E-state index in [9.17, 15) is 4.79 Å². The number of hydrogen-bond donors (Lipinski definition) is 2. The molecule has 0 aliphatic heterocycles. The number of nitrogens with one attached hydrogen (secondary N) is 2. The summed E-state index contributed by atoms with van der Waals surface area (Å²) in [6.07, 6.45) is 0.809. The molecule has 0 spiro atoms. The van der Waals surface area contributed by atoms with Crippen LogP contribution in [-0.2, 0) is 9.53 Å². The van der Waals surface area contributed by atoms with Crippen molar-refractivity contribution in [3.05, 3.63) is 60.7 Å². The molecule has 0 bridgehead atoms. The van der Waals surface area contributed by atoms with E-state index in [4.69, 9.17) is 9.72 Å². The fourth-order valence-corrected chi connectivity index (χ4v) is 3.37. The lowest BCUT2D eigenvalue weighted by atomic mass is 10.1. The standard InChI is InChI=1S/C21H23N3O2S/c1-26-14-8-13-22-18(25)15-27-21-23-19(16-9-4-2-5-10-16)20(24-21)17-11-6-3-7-12-17/h2-7,9-12H,8,13-15H2,1H3,(H,22,25)(H,23,24). The summed E-state index contributed by atoms with van der Waals surface area (Å²) in [5.74, 6) is 0.318. The molecule has 0 aliphatic carbocycles. The van der Waals surface area contributed by atoms with Gasteiger partial charge >= 0.3 is 0 Å². The van der Waals surface area contributed by atoms with Crippen molar-refractivity contribution in [1.82, 2.24) is 15.3 Å². The molecule has 1 amide bonds. The van der Waals surface area contributed by atoms with E-state index in [1.54, 1.807) is 7.11 Å². The molecular formula is C21H23N3O2S. The number of H-pyrrole nitrogens is 1. The summed E-state index contributed by atoms with van der Waals surface area (Å²) >= 11 is 1.41. The van der Waals surface area contributed by atoms with Crippen LogP contribution in [0.4, 0.5) is 0 Å². The van der Waals surface area contributed by atoms with Crippen LogP contribution in [0.5, 0.6) is 0 Å². The highest BCUT2D eigenvalue weighted by Gasteiger charge is 2.15. The molecule has 1 heterocycles. The van der Waals surface area contributed by atoms with Gasteiger partial charge in [-0.15, -0.1) is 0 Å². The Balaban J connectivity index is 1.73. The van der Waals surface area contributed by atoms with Crippen LogP contribution in [0.3, 0.4) is 0 Å². The molecule has 6 heteroatoms. The molecule has 0 saturated carbocycles. The average Bonchev–Trinajstić information content (AvgIpc) is 3.15. The third-order valence-electron chi connectivity index (χ3n) is 3.98. The number of aromatic nitrogens is 2. The minimum Gasteiger partial charge on any atom is -0.385 e. The largest absolute Gasteiger partial charge is 0.385 e. The maximum absolute atomic E-state index is 12.0. The van der Waals surface area contributed by atoms with E-state index < -0.39 is 0 Å². The Morgan fingerprint density at radius 2 is 1.74 bits per heavy atom. The number of thioether (sulfide) groups is 1. The van der Waals surface area contributed by atoms with Crippen molar-refractivity contribution in [1.29, 1.82) is 0 Å². The van der Waals surface area contributed by atoms with E-state index in [1.165, 1.54) is 11.8 Å². The third-order valence-corrected chi connectivity index (χ3v) is 4.85. The summed E-state index contributed by atoms with van der Waals surface area (Å²) in [6, 6.07) is 20.2. The number of amides is 1. The number of carbonyl (C=O) groups excluding carboxylic acids is 1. The second kappa shape index (κ2) is 9.94. The summed E-state index contributed by atoms with van der Waals surface area (Å²) in [5.41, 5.74) is 3.97. The van der Waals surface area contributed by atoms with Crippen LogP contribution >= 0.6 is 11.8 Å². The van der Waals surface area contributed by atoms with Gasteiger partial charge in [-0.3, -0.25) is 4.79 Å². The number of benzene rings is 2. The summed E-state index contributed by atoms with van der Waals surface area (Å²) < 4.78 is 4.98. The van der Waals surface area contributed by atoms with Crippen LogP contribution in [-0.4, -0.2) is 41.9 Å². The number of ether oxygens (including phenoxy) is 1. The van der Waals surface area contributed by atoms with Gasteiger partial charge in [0.2, 0.25) is 5.91 Å². The maximum Gasteiger partial charge on any atom is 0.230 e. The Hall–Kier alpha value is -2.57. The van der Waals surface area contributed by atoms with Gasteiger partial charge in [-0.1, -0.05) is 72.4 Å². The van der Waals surface area contributed by atoms with E-state index in [2.05, 4.69) is 22.4 Å². The molecule has 1 aromatic heterocycles. The molecule has 0 atom stereocenters. The number of methoxy groups -OCH3 is 1. The van der Waals surface area contributed by atoms with Crippen molar-refractivity contribution in [3.8, 4) is 22.5 Å². The van der Waals surface area contributed by atoms with Crippen LogP contribution in [0.1, 0.15) is 6.42 Å². The normalized spacial score (nSPS) is 10.7. The van der Waals surface area contributed by atoms with Gasteiger partial charge in [0.05, 0.1) is 17.1 Å². The SMILES string of the molecule is COCCCNC(=O)CSc1nc(-c2ccccc2)c(-c2ccccc2)[nH]1. The molecule has 2 N–H and O–H groups in total. The first-order valence-corrected chi connectivity index (χ1v) is 9.86. The van der Waals surface area contributed by atoms with Gasteiger partial charge in [-0.05, 0) is 6.42 Å². The molecule has 5 nitrogen and oxygen atoms in total. The zero-order chi connectivity index (χ0) is 18.9. The fraction of sp³-hybridized carbons (Fsp3) is 0.238. The third kappa shape index (κ3) is 5.45. The molecule has 2 aromatic carbocycles. The minimum atomic E-state index is -0.00461. The van der Waals surface area contributed by atoms with Crippen LogP contribution in [0.15, 0.2) is 65.8 Å². The molecule has 0 unspecified atom stereocenters. The van der Waals surface area contributed by atoms with Gasteiger partial charge in [-0.2, -0.15) is 0 Å². The fourth-order valence-electron chi connectivity index (χ4n) is 2.67. The first-order chi connectivity index (χ1) is 13.3. The van der Waals surface area contributed by atoms with Gasteiger partial charge in [0.15, 0.2) is 5.16 Å². The second-order valence-electron chi connectivity index (χ2n) is 5.98. The Labute approximate surface area is 163 Å². The molecule has 0 saturated heterocycles. The summed E-state index contributed by atoms with van der Waals surface area (Å²) in [6.45, 7) is 1.27. The Bertz CT molecular complexity index is 793. The lowest BCUT2D eigenvalue weighted by Gasteiger charge is -2.03. The number of aromatic amines is 1. The molecule has 27 heavy (non-hydrogen) atoms. The number of imidazole rings is 1. The highest BCUT2D eigenvalue weighted by molar-refractivity contribution is 7.99. The molecule has 3 rings (SSSR count). The molecule has 140 valence electrons. The minimum absolute atomic E-state index is 0.00461. The van der Waals surface area contributed by atoms with Gasteiger partial charge in [-0.25, -0.2) is 4.98 Å². The zero-order valence-electron chi connectivity index (χ0n) is 15.3. The summed E-state index contributed by atoms with van der Waals surface area (Å²) in [5, 5.41) is 3.63. The Morgan fingerprint density at radius 1 is 1.07 bits per heavy atom. The van der Waals surface area contributed by atoms with Gasteiger partial charge < -0.3 is 15.0 Å². The number of hydrogen-bond acceptors (Lipinski definition) is 4. The van der Waals surface area contributed by atoms with Crippen LogP contribution in [0.25, 0.3) is 22.5 Å². The van der Waals surface area contributed by atoms with Crippen molar-refractivity contribution < 1.29 is 9.53 Å². The van der Waals surface area contributed by atoms with E-state index in [1.807, 2.05) is 48.5 Å². The van der Waals surface area contributed by atoms with Crippen molar-refractivity contribution in [2.75, 3.05) is 26.0 Å². The van der Waals surface area contributed by atoms with Gasteiger partial charge in [0.1, 0.15) is 0 Å². The highest BCUT2D eigenvalue weighted by Crippen LogP contribution is 2.32. The topological polar surface area (TPSA) is 67.0 Å². The van der Waals surface area contributed by atoms with E-state index >= 15 is 0 Å². The molecule has 3 aromatic rings. The van der Waals surface area contributed by atoms with E-state index in [-0.39, 0.29) is 5.91 Å². The van der Waals surface area contributed by atoms with E-state index in [0.29, 0.717) is 18.9 Å². The Kier molecular flexibility index (Phi) is 7.07. The number of carbonyl (C=O) groups is 1. The molecule has 0 radical (unpaired) electrons. The Morgan fingerprint density at radius 3 is 2.41 bits per heavy atom. The molecular weight excluding hydrogens is 358 g/mol. The summed E-state index contributed by atoms with van der Waals surface area (Å²) in [4.78, 5) is 20.1. The number of rotatable bonds is 9. The van der Waals surface area contributed by atoms with Crippen molar-refractivity contribution in [3.63, 3.8) is 0 Å². The lowest BCUT2D eigenvalue weighted by molar-refractivity contribution is -0.118. The quantitative estimate of drug-likeness (QED) is 0.434. The second-order valence-corrected chi connectivity index (χ2v) is 6.95. The van der Waals surface area contributed by atoms with E-state index in [0.717, 1.165) is 34.1 Å². The van der Waals surface area contributed by atoms with Crippen molar-refractivity contribution in [2.24, 2.45) is 0 Å². The molecule has 0 aliphatic rings. The van der Waals surface area contributed by atoms with Crippen LogP contribution < -0.4 is 5.32 Å². The zero-order valence-corrected chi connectivity index (χ0v) is 16.1. The first kappa shape index (κ1) is 19.2. The van der Waals surface area contributed by atoms with Gasteiger partial charge in [0, 0.05) is 31.4 Å². The highest BCUT2D eigenvalue weighted by atomic mass is 32.2. The van der Waals surface area contributed by atoms with Crippen LogP contribution in [0, 0.1) is 0 Å². The predicted octanol–water partition coefficient (Wildman–Crippen LogP) is 3.99. The number of nitrogens with zero attached hydrogens (tertiary/aromatic N) is 1. The smallest absolute Gasteiger partial charge is 0.230 e. The predicted molar refractivity (Wildman–Crippen MR) is 110 cm³/mol. The maximum atomic E-state index is 12.0. The van der Waals surface area contributed by atoms with Crippen molar-refractivity contribution >= 4 is 17.7 Å². The average molecular weight is 382 g/mol. The van der Waals surface area contributed by atoms with Crippen LogP contribution in [0.2, 0.25) is 0 Å². The van der Waals surface area contributed by atoms with Gasteiger partial charge in [0.25, 0.3) is 0 Å². The lowest BCUT2D eigenvalue weighted by Crippen LogP contribution is -2.26. The summed E-state index contributed by atoms with van der Waals surface area (Å²) in [7, 11) is 1.66.